The molecule has 1 aromatic heterocycles. The Morgan fingerprint density at radius 3 is 2.74 bits per heavy atom. The summed E-state index contributed by atoms with van der Waals surface area (Å²) in [5, 5.41) is 2.67. The summed E-state index contributed by atoms with van der Waals surface area (Å²) in [6, 6.07) is 15.9. The molecule has 0 amide bonds. The maximum absolute atomic E-state index is 2.51. The molecule has 0 aliphatic heterocycles. The van der Waals surface area contributed by atoms with Crippen molar-refractivity contribution in [1.29, 1.82) is 0 Å². The lowest BCUT2D eigenvalue weighted by Gasteiger charge is -2.43. The van der Waals surface area contributed by atoms with Crippen molar-refractivity contribution in [2.24, 2.45) is 13.0 Å². The average Bonchev–Trinajstić information content (AvgIpc) is 2.53. The van der Waals surface area contributed by atoms with E-state index in [9.17, 15) is 0 Å². The molecule has 1 nitrogen and oxygen atoms in total. The van der Waals surface area contributed by atoms with Crippen LogP contribution in [0.15, 0.2) is 48.7 Å². The molecule has 3 aliphatic carbocycles. The number of aromatic nitrogens is 1. The summed E-state index contributed by atoms with van der Waals surface area (Å²) >= 11 is 0. The van der Waals surface area contributed by atoms with Gasteiger partial charge in [0.1, 0.15) is 7.05 Å². The highest BCUT2D eigenvalue weighted by Gasteiger charge is 2.37. The first-order valence-corrected chi connectivity index (χ1v) is 8.72. The number of benzene rings is 2. The highest BCUT2D eigenvalue weighted by atomic mass is 14.9. The second kappa shape index (κ2) is 4.67. The van der Waals surface area contributed by atoms with Crippen LogP contribution in [0.4, 0.5) is 0 Å². The Bertz CT molecular complexity index is 932. The summed E-state index contributed by atoms with van der Waals surface area (Å²) in [6.07, 6.45) is 6.32. The highest BCUT2D eigenvalue weighted by Crippen LogP contribution is 2.50. The topological polar surface area (TPSA) is 3.88 Å². The third-order valence-corrected chi connectivity index (χ3v) is 5.97. The van der Waals surface area contributed by atoms with Crippen LogP contribution >= 0.6 is 0 Å². The van der Waals surface area contributed by atoms with E-state index in [1.54, 1.807) is 11.1 Å². The predicted molar refractivity (Wildman–Crippen MR) is 94.5 cm³/mol. The van der Waals surface area contributed by atoms with Crippen LogP contribution in [0.25, 0.3) is 22.0 Å². The van der Waals surface area contributed by atoms with Crippen molar-refractivity contribution < 1.29 is 4.57 Å². The molecule has 0 atom stereocenters. The van der Waals surface area contributed by atoms with E-state index in [4.69, 9.17) is 0 Å². The van der Waals surface area contributed by atoms with E-state index in [1.165, 1.54) is 46.9 Å². The minimum atomic E-state index is 0.823. The number of hydrogen-bond donors (Lipinski definition) is 0. The molecule has 114 valence electrons. The van der Waals surface area contributed by atoms with E-state index >= 15 is 0 Å². The van der Waals surface area contributed by atoms with Gasteiger partial charge in [-0.2, -0.15) is 0 Å². The van der Waals surface area contributed by atoms with Crippen molar-refractivity contribution in [2.75, 3.05) is 0 Å². The van der Waals surface area contributed by atoms with Gasteiger partial charge in [-0.3, -0.25) is 0 Å². The van der Waals surface area contributed by atoms with E-state index in [0.29, 0.717) is 0 Å². The van der Waals surface area contributed by atoms with Crippen molar-refractivity contribution in [3.8, 4) is 11.3 Å². The van der Waals surface area contributed by atoms with Gasteiger partial charge in [0.05, 0.1) is 10.9 Å². The number of fused-ring (bicyclic) bond motifs is 1. The third kappa shape index (κ3) is 1.89. The Balaban J connectivity index is 1.80. The van der Waals surface area contributed by atoms with Crippen LogP contribution in [0.3, 0.4) is 0 Å². The van der Waals surface area contributed by atoms with Gasteiger partial charge < -0.3 is 0 Å². The molecular weight excluding hydrogens is 278 g/mol. The van der Waals surface area contributed by atoms with Crippen LogP contribution in [0.1, 0.15) is 35.4 Å². The molecule has 3 aromatic rings. The zero-order chi connectivity index (χ0) is 15.6. The van der Waals surface area contributed by atoms with Crippen LogP contribution in [0, 0.1) is 12.8 Å². The zero-order valence-corrected chi connectivity index (χ0v) is 13.8. The van der Waals surface area contributed by atoms with Gasteiger partial charge in [0.25, 0.3) is 0 Å². The van der Waals surface area contributed by atoms with Crippen LogP contribution in [0.2, 0.25) is 0 Å². The van der Waals surface area contributed by atoms with Gasteiger partial charge in [0.2, 0.25) is 5.69 Å². The second-order valence-electron chi connectivity index (χ2n) is 7.47. The maximum atomic E-state index is 2.51. The average molecular weight is 300 g/mol. The molecule has 2 bridgehead atoms. The Morgan fingerprint density at radius 2 is 1.87 bits per heavy atom. The first-order chi connectivity index (χ1) is 11.2. The molecule has 0 spiro atoms. The predicted octanol–water partition coefficient (Wildman–Crippen LogP) is 4.69. The highest BCUT2D eigenvalue weighted by molar-refractivity contribution is 5.93. The SMILES string of the molecule is Cc1cc2c(cc1-c1c3ccccc3cc[n+]1C)C1CC(C2)C1. The summed E-state index contributed by atoms with van der Waals surface area (Å²) in [5.41, 5.74) is 7.41. The summed E-state index contributed by atoms with van der Waals surface area (Å²) < 4.78 is 2.28. The third-order valence-electron chi connectivity index (χ3n) is 5.97. The number of rotatable bonds is 1. The molecule has 3 aliphatic rings. The Labute approximate surface area is 137 Å². The van der Waals surface area contributed by atoms with Crippen LogP contribution < -0.4 is 4.57 Å². The molecule has 6 rings (SSSR count). The molecule has 2 aromatic carbocycles. The largest absolute Gasteiger partial charge is 0.220 e. The van der Waals surface area contributed by atoms with Crippen molar-refractivity contribution in [2.45, 2.75) is 32.1 Å². The Hall–Kier alpha value is -2.15. The van der Waals surface area contributed by atoms with Crippen molar-refractivity contribution >= 4 is 10.8 Å². The number of hydrogen-bond acceptors (Lipinski definition) is 0. The monoisotopic (exact) mass is 300 g/mol. The minimum Gasteiger partial charge on any atom is -0.200 e. The fourth-order valence-corrected chi connectivity index (χ4v) is 4.71. The molecule has 0 saturated heterocycles. The number of pyridine rings is 1. The minimum absolute atomic E-state index is 0.823. The normalized spacial score (nSPS) is 21.8. The summed E-state index contributed by atoms with van der Waals surface area (Å²) in [6.45, 7) is 2.28. The molecule has 1 saturated carbocycles. The lowest BCUT2D eigenvalue weighted by atomic mass is 9.62. The van der Waals surface area contributed by atoms with E-state index in [-0.39, 0.29) is 0 Å². The molecule has 1 fully saturated rings. The van der Waals surface area contributed by atoms with Crippen LogP contribution in [-0.4, -0.2) is 0 Å². The van der Waals surface area contributed by atoms with Crippen LogP contribution in [0.5, 0.6) is 0 Å². The van der Waals surface area contributed by atoms with Gasteiger partial charge in [-0.15, -0.1) is 0 Å². The molecule has 0 N–H and O–H groups in total. The molecule has 23 heavy (non-hydrogen) atoms. The van der Waals surface area contributed by atoms with Crippen molar-refractivity contribution in [3.05, 3.63) is 65.4 Å². The lowest BCUT2D eigenvalue weighted by molar-refractivity contribution is -0.659. The number of aryl methyl sites for hydroxylation is 2. The second-order valence-corrected chi connectivity index (χ2v) is 7.47. The first-order valence-electron chi connectivity index (χ1n) is 8.72. The van der Waals surface area contributed by atoms with Crippen molar-refractivity contribution in [1.82, 2.24) is 0 Å². The van der Waals surface area contributed by atoms with Gasteiger partial charge in [0.15, 0.2) is 6.20 Å². The van der Waals surface area contributed by atoms with E-state index in [0.717, 1.165) is 11.8 Å². The molecular formula is C22H22N+. The van der Waals surface area contributed by atoms with E-state index in [1.807, 2.05) is 0 Å². The Kier molecular flexibility index (Phi) is 2.70. The summed E-state index contributed by atoms with van der Waals surface area (Å²) in [7, 11) is 2.17. The van der Waals surface area contributed by atoms with Crippen LogP contribution in [-0.2, 0) is 13.5 Å². The van der Waals surface area contributed by atoms with Gasteiger partial charge in [-0.05, 0) is 72.2 Å². The first kappa shape index (κ1) is 13.3. The quantitative estimate of drug-likeness (QED) is 0.574. The Morgan fingerprint density at radius 1 is 1.04 bits per heavy atom. The smallest absolute Gasteiger partial charge is 0.200 e. The molecule has 1 heteroatoms. The van der Waals surface area contributed by atoms with E-state index in [2.05, 4.69) is 67.2 Å². The van der Waals surface area contributed by atoms with Gasteiger partial charge in [-0.1, -0.05) is 24.3 Å². The standard InChI is InChI=1S/C22H22N/c1-14-9-17-10-15-11-18(12-15)21(17)13-20(14)22-19-6-4-3-5-16(19)7-8-23(22)2/h3-9,13,15,18H,10-12H2,1-2H3/q+1. The fraction of sp³-hybridized carbons (Fsp3) is 0.318. The van der Waals surface area contributed by atoms with E-state index < -0.39 is 0 Å². The summed E-state index contributed by atoms with van der Waals surface area (Å²) in [5.74, 6) is 1.79. The zero-order valence-electron chi connectivity index (χ0n) is 13.8. The molecule has 1 heterocycles. The maximum Gasteiger partial charge on any atom is 0.220 e. The molecule has 0 unspecified atom stereocenters. The summed E-state index contributed by atoms with van der Waals surface area (Å²) in [4.78, 5) is 0. The fourth-order valence-electron chi connectivity index (χ4n) is 4.71. The van der Waals surface area contributed by atoms with Crippen molar-refractivity contribution in [3.63, 3.8) is 0 Å². The van der Waals surface area contributed by atoms with Gasteiger partial charge in [-0.25, -0.2) is 4.57 Å². The molecule has 0 radical (unpaired) electrons. The van der Waals surface area contributed by atoms with Gasteiger partial charge in [0, 0.05) is 6.07 Å². The van der Waals surface area contributed by atoms with Gasteiger partial charge >= 0.3 is 0 Å². The lowest BCUT2D eigenvalue weighted by Crippen LogP contribution is -2.32. The number of nitrogens with zero attached hydrogens (tertiary/aromatic N) is 1.